The van der Waals surface area contributed by atoms with Gasteiger partial charge in [-0.05, 0) is 58.0 Å². The summed E-state index contributed by atoms with van der Waals surface area (Å²) in [6.45, 7) is 12.8. The second-order valence-corrected chi connectivity index (χ2v) is 9.73. The summed E-state index contributed by atoms with van der Waals surface area (Å²) >= 11 is 0. The molecular formula is C25H47NO3S. The van der Waals surface area contributed by atoms with Gasteiger partial charge in [0.1, 0.15) is 0 Å². The van der Waals surface area contributed by atoms with Gasteiger partial charge in [0.05, 0.1) is 4.90 Å². The number of rotatable bonds is 16. The highest BCUT2D eigenvalue weighted by atomic mass is 32.2. The standard InChI is InChI=1S/C18H39N.C7H8O3S/c1-4-7-10-13-16-19(17-14-11-8-5-2)18-15-12-9-6-3;1-6-2-4-7(5-3-6)11(8,9)10/h4-18H2,1-3H3;2-5H,1H3,(H,8,9,10). The Hall–Kier alpha value is -0.910. The third-order valence-corrected chi connectivity index (χ3v) is 6.17. The van der Waals surface area contributed by atoms with Crippen molar-refractivity contribution in [2.24, 2.45) is 0 Å². The Balaban J connectivity index is 0.000000642. The van der Waals surface area contributed by atoms with Crippen LogP contribution >= 0.6 is 0 Å². The number of nitrogens with zero attached hydrogens (tertiary/aromatic N) is 1. The average molecular weight is 442 g/mol. The molecule has 0 aliphatic heterocycles. The third-order valence-electron chi connectivity index (χ3n) is 5.30. The van der Waals surface area contributed by atoms with Crippen molar-refractivity contribution in [3.8, 4) is 0 Å². The summed E-state index contributed by atoms with van der Waals surface area (Å²) in [5, 5.41) is 0. The van der Waals surface area contributed by atoms with Crippen molar-refractivity contribution in [3.05, 3.63) is 29.8 Å². The second kappa shape index (κ2) is 18.8. The van der Waals surface area contributed by atoms with Crippen LogP contribution in [0, 0.1) is 6.92 Å². The number of hydrogen-bond donors (Lipinski definition) is 1. The Morgan fingerprint density at radius 1 is 0.667 bits per heavy atom. The molecule has 30 heavy (non-hydrogen) atoms. The highest BCUT2D eigenvalue weighted by Gasteiger charge is 2.07. The molecule has 0 aliphatic rings. The third kappa shape index (κ3) is 16.8. The second-order valence-electron chi connectivity index (χ2n) is 8.31. The molecule has 0 fully saturated rings. The van der Waals surface area contributed by atoms with E-state index in [2.05, 4.69) is 25.7 Å². The van der Waals surface area contributed by atoms with E-state index in [1.807, 2.05) is 6.92 Å². The van der Waals surface area contributed by atoms with Crippen molar-refractivity contribution >= 4 is 10.1 Å². The zero-order valence-electron chi connectivity index (χ0n) is 20.0. The van der Waals surface area contributed by atoms with Gasteiger partial charge >= 0.3 is 0 Å². The van der Waals surface area contributed by atoms with Crippen LogP contribution in [0.3, 0.4) is 0 Å². The fourth-order valence-electron chi connectivity index (χ4n) is 3.33. The molecule has 0 aromatic heterocycles. The average Bonchev–Trinajstić information content (AvgIpc) is 2.71. The van der Waals surface area contributed by atoms with Gasteiger partial charge in [-0.3, -0.25) is 4.55 Å². The summed E-state index contributed by atoms with van der Waals surface area (Å²) in [6, 6.07) is 5.99. The highest BCUT2D eigenvalue weighted by Crippen LogP contribution is 2.09. The molecule has 0 radical (unpaired) electrons. The maximum absolute atomic E-state index is 10.5. The fourth-order valence-corrected chi connectivity index (χ4v) is 3.81. The van der Waals surface area contributed by atoms with Gasteiger partial charge < -0.3 is 4.90 Å². The predicted molar refractivity (Wildman–Crippen MR) is 130 cm³/mol. The van der Waals surface area contributed by atoms with Gasteiger partial charge in [0.15, 0.2) is 0 Å². The van der Waals surface area contributed by atoms with Gasteiger partial charge in [-0.2, -0.15) is 8.42 Å². The monoisotopic (exact) mass is 441 g/mol. The van der Waals surface area contributed by atoms with Crippen molar-refractivity contribution in [2.75, 3.05) is 19.6 Å². The Morgan fingerprint density at radius 2 is 1.03 bits per heavy atom. The first-order valence-corrected chi connectivity index (χ1v) is 13.6. The summed E-state index contributed by atoms with van der Waals surface area (Å²) in [4.78, 5) is 2.67. The molecule has 0 spiro atoms. The van der Waals surface area contributed by atoms with E-state index in [0.29, 0.717) is 0 Å². The zero-order valence-corrected chi connectivity index (χ0v) is 20.9. The van der Waals surface area contributed by atoms with Gasteiger partial charge in [0, 0.05) is 0 Å². The SMILES string of the molecule is CCCCCCN(CCCCCC)CCCCCC.Cc1ccc(S(=O)(=O)O)cc1. The molecule has 1 N–H and O–H groups in total. The molecule has 1 rings (SSSR count). The summed E-state index contributed by atoms with van der Waals surface area (Å²) in [7, 11) is -4.02. The molecule has 0 unspecified atom stereocenters. The van der Waals surface area contributed by atoms with Crippen molar-refractivity contribution in [3.63, 3.8) is 0 Å². The minimum absolute atomic E-state index is 0.0666. The maximum Gasteiger partial charge on any atom is 0.294 e. The first-order valence-electron chi connectivity index (χ1n) is 12.1. The normalized spacial score (nSPS) is 11.4. The van der Waals surface area contributed by atoms with Crippen molar-refractivity contribution in [2.45, 2.75) is 110 Å². The first-order chi connectivity index (χ1) is 14.3. The Kier molecular flexibility index (Phi) is 18.3. The molecule has 1 aromatic rings. The summed E-state index contributed by atoms with van der Waals surface area (Å²) in [5.74, 6) is 0. The van der Waals surface area contributed by atoms with Crippen LogP contribution in [-0.4, -0.2) is 37.5 Å². The summed E-state index contributed by atoms with van der Waals surface area (Å²) in [6.07, 6.45) is 16.8. The predicted octanol–water partition coefficient (Wildman–Crippen LogP) is 7.27. The number of benzene rings is 1. The minimum Gasteiger partial charge on any atom is -0.303 e. The van der Waals surface area contributed by atoms with Crippen LogP contribution in [-0.2, 0) is 10.1 Å². The van der Waals surface area contributed by atoms with E-state index in [9.17, 15) is 8.42 Å². The lowest BCUT2D eigenvalue weighted by Crippen LogP contribution is -2.27. The van der Waals surface area contributed by atoms with Gasteiger partial charge in [-0.15, -0.1) is 0 Å². The van der Waals surface area contributed by atoms with E-state index < -0.39 is 10.1 Å². The minimum atomic E-state index is -4.02. The molecule has 1 aromatic carbocycles. The largest absolute Gasteiger partial charge is 0.303 e. The van der Waals surface area contributed by atoms with E-state index in [-0.39, 0.29) is 4.90 Å². The lowest BCUT2D eigenvalue weighted by molar-refractivity contribution is 0.255. The Morgan fingerprint density at radius 3 is 1.33 bits per heavy atom. The van der Waals surface area contributed by atoms with Crippen molar-refractivity contribution in [1.82, 2.24) is 4.90 Å². The molecule has 0 amide bonds. The van der Waals surface area contributed by atoms with E-state index in [4.69, 9.17) is 4.55 Å². The quantitative estimate of drug-likeness (QED) is 0.216. The molecule has 176 valence electrons. The summed E-state index contributed by atoms with van der Waals surface area (Å²) in [5.41, 5.74) is 0.956. The highest BCUT2D eigenvalue weighted by molar-refractivity contribution is 7.85. The molecule has 0 bridgehead atoms. The van der Waals surface area contributed by atoms with Crippen LogP contribution < -0.4 is 0 Å². The van der Waals surface area contributed by atoms with Crippen molar-refractivity contribution < 1.29 is 13.0 Å². The molecule has 0 saturated heterocycles. The number of aryl methyl sites for hydroxylation is 1. The Labute approximate surface area is 187 Å². The molecule has 4 nitrogen and oxygen atoms in total. The number of hydrogen-bond acceptors (Lipinski definition) is 3. The van der Waals surface area contributed by atoms with Crippen LogP contribution in [0.4, 0.5) is 0 Å². The zero-order chi connectivity index (χ0) is 22.7. The van der Waals surface area contributed by atoms with Gasteiger partial charge in [-0.25, -0.2) is 0 Å². The Bertz CT molecular complexity index is 571. The summed E-state index contributed by atoms with van der Waals surface area (Å²) < 4.78 is 29.6. The van der Waals surface area contributed by atoms with Crippen molar-refractivity contribution in [1.29, 1.82) is 0 Å². The molecular weight excluding hydrogens is 394 g/mol. The van der Waals surface area contributed by atoms with Gasteiger partial charge in [0.25, 0.3) is 10.1 Å². The van der Waals surface area contributed by atoms with Gasteiger partial charge in [0.2, 0.25) is 0 Å². The molecule has 0 aliphatic carbocycles. The first kappa shape index (κ1) is 29.1. The van der Waals surface area contributed by atoms with E-state index >= 15 is 0 Å². The molecule has 0 heterocycles. The lowest BCUT2D eigenvalue weighted by atomic mass is 10.1. The fraction of sp³-hybridized carbons (Fsp3) is 0.760. The van der Waals surface area contributed by atoms with Crippen LogP contribution in [0.15, 0.2) is 29.2 Å². The molecule has 5 heteroatoms. The molecule has 0 saturated carbocycles. The van der Waals surface area contributed by atoms with E-state index in [1.54, 1.807) is 12.1 Å². The van der Waals surface area contributed by atoms with E-state index in [1.165, 1.54) is 109 Å². The van der Waals surface area contributed by atoms with Crippen LogP contribution in [0.5, 0.6) is 0 Å². The van der Waals surface area contributed by atoms with Gasteiger partial charge in [-0.1, -0.05) is 96.3 Å². The van der Waals surface area contributed by atoms with E-state index in [0.717, 1.165) is 5.56 Å². The van der Waals surface area contributed by atoms with Crippen LogP contribution in [0.1, 0.15) is 103 Å². The molecule has 0 atom stereocenters. The van der Waals surface area contributed by atoms with Crippen LogP contribution in [0.2, 0.25) is 0 Å². The topological polar surface area (TPSA) is 57.6 Å². The lowest BCUT2D eigenvalue weighted by Gasteiger charge is -2.22. The number of unbranched alkanes of at least 4 members (excludes halogenated alkanes) is 9. The maximum atomic E-state index is 10.5. The smallest absolute Gasteiger partial charge is 0.294 e. The van der Waals surface area contributed by atoms with Crippen LogP contribution in [0.25, 0.3) is 0 Å².